The molecule has 0 aliphatic rings. The summed E-state index contributed by atoms with van der Waals surface area (Å²) in [5.74, 6) is 0. The van der Waals surface area contributed by atoms with E-state index in [0.717, 1.165) is 4.90 Å². The van der Waals surface area contributed by atoms with Crippen LogP contribution >= 0.6 is 21.7 Å². The van der Waals surface area contributed by atoms with Gasteiger partial charge in [-0.15, -0.1) is 0 Å². The molecule has 0 atom stereocenters. The van der Waals surface area contributed by atoms with Crippen LogP contribution in [-0.2, 0) is 0 Å². The van der Waals surface area contributed by atoms with Crippen LogP contribution in [0.15, 0.2) is 35.2 Å². The van der Waals surface area contributed by atoms with Gasteiger partial charge in [0.1, 0.15) is 0 Å². The van der Waals surface area contributed by atoms with Crippen LogP contribution in [0.1, 0.15) is 0 Å². The van der Waals surface area contributed by atoms with Crippen molar-refractivity contribution < 1.29 is 0 Å². The lowest BCUT2D eigenvalue weighted by molar-refractivity contribution is 1.48. The number of hydrogen-bond acceptors (Lipinski definition) is 2. The van der Waals surface area contributed by atoms with Crippen LogP contribution in [0.4, 0.5) is 0 Å². The van der Waals surface area contributed by atoms with Gasteiger partial charge in [-0.1, -0.05) is 18.2 Å². The first-order valence-electron chi connectivity index (χ1n) is 2.27. The summed E-state index contributed by atoms with van der Waals surface area (Å²) in [5, 5.41) is 0. The minimum atomic E-state index is 0. The van der Waals surface area contributed by atoms with E-state index >= 15 is 0 Å². The molecular weight excluding hydrogens is 154 g/mol. The predicted octanol–water partition coefficient (Wildman–Crippen LogP) is 3.09. The topological polar surface area (TPSA) is 35.0 Å². The molecule has 0 fully saturated rings. The molecular formula is C6H8ClNS. The van der Waals surface area contributed by atoms with Gasteiger partial charge < -0.3 is 6.15 Å². The summed E-state index contributed by atoms with van der Waals surface area (Å²) < 4.78 is 0. The molecule has 0 amide bonds. The second-order valence-electron chi connectivity index (χ2n) is 1.39. The summed E-state index contributed by atoms with van der Waals surface area (Å²) in [5.41, 5.74) is 0. The van der Waals surface area contributed by atoms with E-state index in [4.69, 9.17) is 10.7 Å². The largest absolute Gasteiger partial charge is 0.344 e. The molecule has 1 rings (SSSR count). The molecule has 0 spiro atoms. The average Bonchev–Trinajstić information content (AvgIpc) is 1.90. The molecule has 0 heterocycles. The number of rotatable bonds is 1. The molecule has 0 aliphatic carbocycles. The maximum atomic E-state index is 5.44. The second kappa shape index (κ2) is 4.68. The first-order valence-corrected chi connectivity index (χ1v) is 3.91. The molecule has 0 aromatic heterocycles. The zero-order valence-corrected chi connectivity index (χ0v) is 6.45. The van der Waals surface area contributed by atoms with Crippen molar-refractivity contribution in [1.29, 1.82) is 0 Å². The highest BCUT2D eigenvalue weighted by Gasteiger charge is 1.82. The van der Waals surface area contributed by atoms with Gasteiger partial charge in [0.05, 0.1) is 0 Å². The van der Waals surface area contributed by atoms with Crippen LogP contribution in [0, 0.1) is 0 Å². The molecule has 1 aromatic rings. The van der Waals surface area contributed by atoms with E-state index in [1.165, 1.54) is 11.0 Å². The Morgan fingerprint density at radius 3 is 2.00 bits per heavy atom. The minimum Gasteiger partial charge on any atom is -0.344 e. The van der Waals surface area contributed by atoms with E-state index in [2.05, 4.69) is 0 Å². The fourth-order valence-corrected chi connectivity index (χ4v) is 1.04. The van der Waals surface area contributed by atoms with E-state index < -0.39 is 0 Å². The van der Waals surface area contributed by atoms with Crippen LogP contribution in [-0.4, -0.2) is 0 Å². The summed E-state index contributed by atoms with van der Waals surface area (Å²) in [6.07, 6.45) is 0. The molecule has 0 saturated heterocycles. The fourth-order valence-electron chi connectivity index (χ4n) is 0.472. The molecule has 50 valence electrons. The Morgan fingerprint density at radius 1 is 1.11 bits per heavy atom. The Hall–Kier alpha value is -0.180. The Bertz CT molecular complexity index is 154. The van der Waals surface area contributed by atoms with Crippen molar-refractivity contribution in [2.75, 3.05) is 0 Å². The third-order valence-corrected chi connectivity index (χ3v) is 1.82. The number of benzene rings is 1. The van der Waals surface area contributed by atoms with Crippen molar-refractivity contribution >= 4 is 21.7 Å². The number of halogens is 1. The van der Waals surface area contributed by atoms with Crippen molar-refractivity contribution in [1.82, 2.24) is 6.15 Å². The third-order valence-electron chi connectivity index (χ3n) is 0.832. The maximum absolute atomic E-state index is 5.44. The molecule has 3 N–H and O–H groups in total. The van der Waals surface area contributed by atoms with Gasteiger partial charge in [0.25, 0.3) is 0 Å². The van der Waals surface area contributed by atoms with Crippen molar-refractivity contribution in [2.45, 2.75) is 4.90 Å². The van der Waals surface area contributed by atoms with Gasteiger partial charge in [0, 0.05) is 4.90 Å². The van der Waals surface area contributed by atoms with Crippen LogP contribution in [0.2, 0.25) is 0 Å². The van der Waals surface area contributed by atoms with Crippen molar-refractivity contribution in [3.63, 3.8) is 0 Å². The first kappa shape index (κ1) is 8.82. The molecule has 0 unspecified atom stereocenters. The molecule has 9 heavy (non-hydrogen) atoms. The standard InChI is InChI=1S/C6H5ClS.H3N/c7-8-6-4-2-1-3-5-6;/h1-5H;1H3. The molecule has 0 saturated carbocycles. The quantitative estimate of drug-likeness (QED) is 0.687. The Morgan fingerprint density at radius 2 is 1.67 bits per heavy atom. The van der Waals surface area contributed by atoms with E-state index in [1.807, 2.05) is 30.3 Å². The Kier molecular flexibility index (Phi) is 4.58. The average molecular weight is 162 g/mol. The summed E-state index contributed by atoms with van der Waals surface area (Å²) in [6.45, 7) is 0. The lowest BCUT2D eigenvalue weighted by Crippen LogP contribution is -1.59. The SMILES string of the molecule is ClSc1ccccc1.N. The van der Waals surface area contributed by atoms with Crippen LogP contribution in [0.3, 0.4) is 0 Å². The molecule has 1 aromatic carbocycles. The lowest BCUT2D eigenvalue weighted by Gasteiger charge is -1.86. The van der Waals surface area contributed by atoms with E-state index in [9.17, 15) is 0 Å². The van der Waals surface area contributed by atoms with Gasteiger partial charge in [-0.2, -0.15) is 0 Å². The van der Waals surface area contributed by atoms with Crippen molar-refractivity contribution in [3.8, 4) is 0 Å². The smallest absolute Gasteiger partial charge is 0.0233 e. The van der Waals surface area contributed by atoms with Gasteiger partial charge >= 0.3 is 0 Å². The zero-order chi connectivity index (χ0) is 5.82. The molecule has 0 bridgehead atoms. The molecule has 0 radical (unpaired) electrons. The van der Waals surface area contributed by atoms with Gasteiger partial charge in [-0.25, -0.2) is 0 Å². The monoisotopic (exact) mass is 161 g/mol. The van der Waals surface area contributed by atoms with E-state index in [1.54, 1.807) is 0 Å². The predicted molar refractivity (Wildman–Crippen MR) is 43.2 cm³/mol. The van der Waals surface area contributed by atoms with Gasteiger partial charge in [0.15, 0.2) is 0 Å². The first-order chi connectivity index (χ1) is 3.93. The van der Waals surface area contributed by atoms with Crippen LogP contribution < -0.4 is 6.15 Å². The highest BCUT2D eigenvalue weighted by atomic mass is 35.7. The molecule has 1 nitrogen and oxygen atoms in total. The summed E-state index contributed by atoms with van der Waals surface area (Å²) in [6, 6.07) is 9.83. The van der Waals surface area contributed by atoms with Crippen molar-refractivity contribution in [2.24, 2.45) is 0 Å². The Labute approximate surface area is 63.5 Å². The zero-order valence-electron chi connectivity index (χ0n) is 4.88. The van der Waals surface area contributed by atoms with Crippen molar-refractivity contribution in [3.05, 3.63) is 30.3 Å². The van der Waals surface area contributed by atoms with Gasteiger partial charge in [-0.05, 0) is 33.8 Å². The highest BCUT2D eigenvalue weighted by Crippen LogP contribution is 2.19. The third kappa shape index (κ3) is 2.75. The molecule has 0 aliphatic heterocycles. The fraction of sp³-hybridized carbons (Fsp3) is 0. The summed E-state index contributed by atoms with van der Waals surface area (Å²) in [7, 11) is 6.68. The van der Waals surface area contributed by atoms with E-state index in [-0.39, 0.29) is 6.15 Å². The number of hydrogen-bond donors (Lipinski definition) is 1. The van der Waals surface area contributed by atoms with Gasteiger partial charge in [-0.3, -0.25) is 0 Å². The minimum absolute atomic E-state index is 0. The van der Waals surface area contributed by atoms with Crippen LogP contribution in [0.25, 0.3) is 0 Å². The lowest BCUT2D eigenvalue weighted by atomic mass is 10.4. The van der Waals surface area contributed by atoms with Gasteiger partial charge in [0.2, 0.25) is 0 Å². The van der Waals surface area contributed by atoms with Crippen LogP contribution in [0.5, 0.6) is 0 Å². The Balaban J connectivity index is 0.000000640. The molecule has 3 heteroatoms. The highest BCUT2D eigenvalue weighted by molar-refractivity contribution is 8.21. The van der Waals surface area contributed by atoms with E-state index in [0.29, 0.717) is 0 Å². The summed E-state index contributed by atoms with van der Waals surface area (Å²) >= 11 is 0. The summed E-state index contributed by atoms with van der Waals surface area (Å²) in [4.78, 5) is 1.09. The maximum Gasteiger partial charge on any atom is 0.0233 e. The normalized spacial score (nSPS) is 8.11. The second-order valence-corrected chi connectivity index (χ2v) is 2.48.